The summed E-state index contributed by atoms with van der Waals surface area (Å²) in [6.45, 7) is 32.9. The highest BCUT2D eigenvalue weighted by Gasteiger charge is 2.17. The molecule has 0 saturated heterocycles. The summed E-state index contributed by atoms with van der Waals surface area (Å²) in [6.07, 6.45) is 20.5. The molecule has 0 spiro atoms. The second kappa shape index (κ2) is 39.1. The zero-order valence-corrected chi connectivity index (χ0v) is 32.1. The second-order valence-electron chi connectivity index (χ2n) is 12.6. The number of rotatable bonds is 26. The van der Waals surface area contributed by atoms with Crippen LogP contribution in [-0.2, 0) is 0 Å². The first-order chi connectivity index (χ1) is 21.0. The van der Waals surface area contributed by atoms with Crippen molar-refractivity contribution in [2.24, 2.45) is 0 Å². The second-order valence-corrected chi connectivity index (χ2v) is 12.6. The highest BCUT2D eigenvalue weighted by atomic mass is 16.4. The average molecular weight is 631 g/mol. The Bertz CT molecular complexity index is 428. The van der Waals surface area contributed by atoms with Crippen molar-refractivity contribution in [2.45, 2.75) is 185 Å². The number of unbranched alkanes of at least 4 members (excludes halogenated alkanes) is 14. The molecule has 0 radical (unpaired) electrons. The van der Waals surface area contributed by atoms with Crippen molar-refractivity contribution in [3.05, 3.63) is 0 Å². The van der Waals surface area contributed by atoms with E-state index >= 15 is 0 Å². The molecule has 44 heavy (non-hydrogen) atoms. The molecule has 0 saturated carbocycles. The molecule has 0 fully saturated rings. The van der Waals surface area contributed by atoms with E-state index in [1.54, 1.807) is 0 Å². The van der Waals surface area contributed by atoms with Gasteiger partial charge in [-0.1, -0.05) is 129 Å². The maximum absolute atomic E-state index is 10.3. The van der Waals surface area contributed by atoms with E-state index in [0.717, 1.165) is 25.7 Å². The van der Waals surface area contributed by atoms with Crippen molar-refractivity contribution in [1.29, 1.82) is 0 Å². The first-order valence-corrected chi connectivity index (χ1v) is 19.4. The molecule has 0 amide bonds. The first-order valence-electron chi connectivity index (χ1n) is 19.4. The smallest absolute Gasteiger partial charge is 0.178 e. The van der Waals surface area contributed by atoms with Crippen molar-refractivity contribution < 1.29 is 29.1 Å². The van der Waals surface area contributed by atoms with Gasteiger partial charge in [0.2, 0.25) is 0 Å². The quantitative estimate of drug-likeness (QED) is 0.0583. The van der Waals surface area contributed by atoms with Gasteiger partial charge in [-0.05, 0) is 55.4 Å². The number of nitrogens with zero attached hydrogens (tertiary/aromatic N) is 2. The highest BCUT2D eigenvalue weighted by Crippen LogP contribution is 2.11. The molecule has 0 aromatic heterocycles. The minimum Gasteiger partial charge on any atom is -0.857 e. The van der Waals surface area contributed by atoms with Crippen molar-refractivity contribution in [1.82, 2.24) is 0 Å². The average Bonchev–Trinajstić information content (AvgIpc) is 3.03. The van der Waals surface area contributed by atoms with E-state index in [0.29, 0.717) is 12.6 Å². The molecule has 8 heteroatoms. The molecule has 0 heterocycles. The largest absolute Gasteiger partial charge is 0.857 e. The summed E-state index contributed by atoms with van der Waals surface area (Å²) in [4.78, 5) is 0. The number of quaternary nitrogens is 2. The third-order valence-electron chi connectivity index (χ3n) is 9.98. The molecule has 6 nitrogen and oxygen atoms in total. The van der Waals surface area contributed by atoms with E-state index < -0.39 is 14.2 Å². The van der Waals surface area contributed by atoms with Gasteiger partial charge in [-0.25, -0.2) is 0 Å². The van der Waals surface area contributed by atoms with Crippen molar-refractivity contribution >= 4 is 14.2 Å². The molecule has 0 bridgehead atoms. The van der Waals surface area contributed by atoms with Gasteiger partial charge in [0.15, 0.2) is 14.2 Å². The third kappa shape index (κ3) is 36.4. The van der Waals surface area contributed by atoms with E-state index in [1.165, 1.54) is 138 Å². The van der Waals surface area contributed by atoms with E-state index in [2.05, 4.69) is 69.2 Å². The Hall–Kier alpha value is -0.110. The highest BCUT2D eigenvalue weighted by molar-refractivity contribution is 6.39. The van der Waals surface area contributed by atoms with Gasteiger partial charge in [-0.3, -0.25) is 0 Å². The molecule has 2 N–H and O–H groups in total. The zero-order chi connectivity index (χ0) is 34.5. The Morgan fingerprint density at radius 2 is 0.523 bits per heavy atom. The summed E-state index contributed by atoms with van der Waals surface area (Å²) < 4.78 is 2.56. The summed E-state index contributed by atoms with van der Waals surface area (Å²) in [5.41, 5.74) is 0. The molecular formula is C36H84B2N2O4. The van der Waals surface area contributed by atoms with Crippen LogP contribution in [0, 0.1) is 0 Å². The predicted octanol–water partition coefficient (Wildman–Crippen LogP) is 7.70. The van der Waals surface area contributed by atoms with Gasteiger partial charge in [0, 0.05) is 0 Å². The van der Waals surface area contributed by atoms with Crippen LogP contribution in [-0.4, -0.2) is 85.6 Å². The Morgan fingerprint density at radius 3 is 0.659 bits per heavy atom. The van der Waals surface area contributed by atoms with Gasteiger partial charge < -0.3 is 29.1 Å². The Kier molecular flexibility index (Phi) is 45.1. The van der Waals surface area contributed by atoms with Gasteiger partial charge in [0.05, 0.1) is 52.4 Å². The van der Waals surface area contributed by atoms with Crippen LogP contribution >= 0.6 is 0 Å². The third-order valence-corrected chi connectivity index (χ3v) is 9.98. The topological polar surface area (TPSA) is 86.6 Å². The van der Waals surface area contributed by atoms with Gasteiger partial charge >= 0.3 is 0 Å². The van der Waals surface area contributed by atoms with Crippen LogP contribution in [0.5, 0.6) is 0 Å². The predicted molar refractivity (Wildman–Crippen MR) is 196 cm³/mol. The lowest BCUT2D eigenvalue weighted by atomic mass is 9.83. The zero-order valence-electron chi connectivity index (χ0n) is 32.1. The van der Waals surface area contributed by atoms with Crippen LogP contribution in [0.3, 0.4) is 0 Å². The van der Waals surface area contributed by atoms with Crippen LogP contribution in [0.4, 0.5) is 0 Å². The molecule has 0 aromatic carbocycles. The fourth-order valence-electron chi connectivity index (χ4n) is 5.59. The monoisotopic (exact) mass is 631 g/mol. The SMILES string of the molecule is CCCCCCCCCCB([O-])O.CCCCCCCCCCB([O-])O.CC[N+](CC)(CC)CC.CC[N+](CC)(CC)CC. The van der Waals surface area contributed by atoms with Gasteiger partial charge in [-0.2, -0.15) is 0 Å². The fraction of sp³-hybridized carbons (Fsp3) is 1.00. The summed E-state index contributed by atoms with van der Waals surface area (Å²) >= 11 is 0. The molecular weight excluding hydrogens is 546 g/mol. The Balaban J connectivity index is -0.000000246. The standard InChI is InChI=1S/2C10H22BO2.2C8H20N/c2*1-2-3-4-5-6-7-8-9-10-11(12)13;2*1-5-9(6-2,7-3)8-4/h2*12H,2-10H2,1H3;2*5-8H2,1-4H3/q2*-1;2*+1. The Morgan fingerprint density at radius 1 is 0.341 bits per heavy atom. The lowest BCUT2D eigenvalue weighted by Gasteiger charge is -2.34. The van der Waals surface area contributed by atoms with Gasteiger partial charge in [0.25, 0.3) is 0 Å². The van der Waals surface area contributed by atoms with Crippen LogP contribution in [0.1, 0.15) is 172 Å². The molecule has 0 aliphatic carbocycles. The normalized spacial score (nSPS) is 11.0. The summed E-state index contributed by atoms with van der Waals surface area (Å²) in [5, 5.41) is 37.5. The number of hydrogen-bond donors (Lipinski definition) is 2. The lowest BCUT2D eigenvalue weighted by Crippen LogP contribution is -2.47. The van der Waals surface area contributed by atoms with Crippen LogP contribution in [0.15, 0.2) is 0 Å². The molecule has 0 unspecified atom stereocenters. The maximum atomic E-state index is 10.3. The van der Waals surface area contributed by atoms with Crippen molar-refractivity contribution in [3.8, 4) is 0 Å². The van der Waals surface area contributed by atoms with Crippen LogP contribution in [0.25, 0.3) is 0 Å². The fourth-order valence-corrected chi connectivity index (χ4v) is 5.59. The Labute approximate surface area is 279 Å². The van der Waals surface area contributed by atoms with Crippen LogP contribution < -0.4 is 10.0 Å². The van der Waals surface area contributed by atoms with E-state index in [1.807, 2.05) is 0 Å². The van der Waals surface area contributed by atoms with Crippen LogP contribution in [0.2, 0.25) is 12.6 Å². The van der Waals surface area contributed by atoms with E-state index in [9.17, 15) is 10.0 Å². The summed E-state index contributed by atoms with van der Waals surface area (Å²) in [7, 11) is -2.69. The van der Waals surface area contributed by atoms with Crippen molar-refractivity contribution in [2.75, 3.05) is 52.4 Å². The molecule has 0 rings (SSSR count). The van der Waals surface area contributed by atoms with Gasteiger partial charge in [-0.15, -0.1) is 0 Å². The molecule has 0 aliphatic rings. The number of hydrogen-bond acceptors (Lipinski definition) is 4. The minimum atomic E-state index is -1.35. The molecule has 0 aromatic rings. The lowest BCUT2D eigenvalue weighted by molar-refractivity contribution is -0.921. The van der Waals surface area contributed by atoms with Crippen molar-refractivity contribution in [3.63, 3.8) is 0 Å². The van der Waals surface area contributed by atoms with Gasteiger partial charge in [0.1, 0.15) is 0 Å². The summed E-state index contributed by atoms with van der Waals surface area (Å²) in [6, 6.07) is 0. The molecule has 0 aliphatic heterocycles. The first kappa shape index (κ1) is 50.7. The van der Waals surface area contributed by atoms with E-state index in [4.69, 9.17) is 10.0 Å². The molecule has 0 atom stereocenters. The molecule has 268 valence electrons. The minimum absolute atomic E-state index is 0.426. The summed E-state index contributed by atoms with van der Waals surface area (Å²) in [5.74, 6) is 0. The van der Waals surface area contributed by atoms with E-state index in [-0.39, 0.29) is 0 Å². The maximum Gasteiger partial charge on any atom is 0.178 e.